The first-order valence-corrected chi connectivity index (χ1v) is 9.21. The van der Waals surface area contributed by atoms with Gasteiger partial charge < -0.3 is 9.64 Å². The maximum absolute atomic E-state index is 13.2. The lowest BCUT2D eigenvalue weighted by Crippen LogP contribution is -2.38. The quantitative estimate of drug-likeness (QED) is 0.658. The summed E-state index contributed by atoms with van der Waals surface area (Å²) in [5.41, 5.74) is 3.72. The Bertz CT molecular complexity index is 1030. The molecule has 0 unspecified atom stereocenters. The van der Waals surface area contributed by atoms with Gasteiger partial charge in [0.15, 0.2) is 5.69 Å². The maximum Gasteiger partial charge on any atom is 0.313 e. The van der Waals surface area contributed by atoms with E-state index in [2.05, 4.69) is 5.10 Å². The lowest BCUT2D eigenvalue weighted by molar-refractivity contribution is -0.142. The van der Waals surface area contributed by atoms with E-state index in [1.807, 2.05) is 61.5 Å². The Hall–Kier alpha value is -3.41. The SMILES string of the molecule is COC(=O)[C@@H]1CCN(C(=O)c2cc(C)n(-c3ccccc3)n2)c2ccccc21. The molecule has 0 spiro atoms. The average molecular weight is 375 g/mol. The van der Waals surface area contributed by atoms with Crippen molar-refractivity contribution >= 4 is 17.6 Å². The molecule has 0 bridgehead atoms. The van der Waals surface area contributed by atoms with Crippen molar-refractivity contribution < 1.29 is 14.3 Å². The molecule has 1 aliphatic rings. The molecule has 0 saturated carbocycles. The number of aromatic nitrogens is 2. The number of fused-ring (bicyclic) bond motifs is 1. The minimum Gasteiger partial charge on any atom is -0.469 e. The molecule has 3 aromatic rings. The molecule has 6 nitrogen and oxygen atoms in total. The van der Waals surface area contributed by atoms with Crippen LogP contribution < -0.4 is 4.90 Å². The topological polar surface area (TPSA) is 64.4 Å². The van der Waals surface area contributed by atoms with Crippen molar-refractivity contribution in [1.29, 1.82) is 0 Å². The number of hydrogen-bond acceptors (Lipinski definition) is 4. The van der Waals surface area contributed by atoms with E-state index < -0.39 is 0 Å². The second-order valence-corrected chi connectivity index (χ2v) is 6.80. The van der Waals surface area contributed by atoms with Gasteiger partial charge in [0.25, 0.3) is 5.91 Å². The van der Waals surface area contributed by atoms with Crippen molar-refractivity contribution in [2.24, 2.45) is 0 Å². The van der Waals surface area contributed by atoms with Crippen LogP contribution in [0.25, 0.3) is 5.69 Å². The van der Waals surface area contributed by atoms with Crippen LogP contribution in [0.2, 0.25) is 0 Å². The van der Waals surface area contributed by atoms with Gasteiger partial charge in [0, 0.05) is 17.9 Å². The molecule has 1 atom stereocenters. The number of amides is 1. The minimum atomic E-state index is -0.353. The third kappa shape index (κ3) is 3.07. The first kappa shape index (κ1) is 18.0. The number of rotatable bonds is 3. The summed E-state index contributed by atoms with van der Waals surface area (Å²) in [5.74, 6) is -0.800. The summed E-state index contributed by atoms with van der Waals surface area (Å²) in [4.78, 5) is 27.1. The standard InChI is InChI=1S/C22H21N3O3/c1-15-14-19(23-25(15)16-8-4-3-5-9-16)21(26)24-13-12-18(22(27)28-2)17-10-6-7-11-20(17)24/h3-11,14,18H,12-13H2,1-2H3/t18-/m1/s1. The molecule has 1 aliphatic heterocycles. The van der Waals surface area contributed by atoms with E-state index in [9.17, 15) is 9.59 Å². The van der Waals surface area contributed by atoms with Crippen molar-refractivity contribution in [1.82, 2.24) is 9.78 Å². The summed E-state index contributed by atoms with van der Waals surface area (Å²) in [6.45, 7) is 2.36. The van der Waals surface area contributed by atoms with Gasteiger partial charge in [0.05, 0.1) is 18.7 Å². The summed E-state index contributed by atoms with van der Waals surface area (Å²) in [6, 6.07) is 19.0. The molecule has 0 saturated heterocycles. The number of nitrogens with zero attached hydrogens (tertiary/aromatic N) is 3. The van der Waals surface area contributed by atoms with Gasteiger partial charge in [-0.05, 0) is 43.2 Å². The third-order valence-electron chi connectivity index (χ3n) is 5.08. The van der Waals surface area contributed by atoms with Crippen molar-refractivity contribution in [3.05, 3.63) is 77.6 Å². The van der Waals surface area contributed by atoms with Gasteiger partial charge in [-0.3, -0.25) is 9.59 Å². The number of benzene rings is 2. The van der Waals surface area contributed by atoms with Crippen LogP contribution in [0.1, 0.15) is 34.1 Å². The van der Waals surface area contributed by atoms with Crippen molar-refractivity contribution in [3.8, 4) is 5.69 Å². The Morgan fingerprint density at radius 3 is 2.54 bits per heavy atom. The zero-order valence-electron chi connectivity index (χ0n) is 15.8. The van der Waals surface area contributed by atoms with E-state index >= 15 is 0 Å². The van der Waals surface area contributed by atoms with Gasteiger partial charge in [-0.1, -0.05) is 36.4 Å². The fraction of sp³-hybridized carbons (Fsp3) is 0.227. The molecule has 0 radical (unpaired) electrons. The van der Waals surface area contributed by atoms with E-state index in [4.69, 9.17) is 4.74 Å². The van der Waals surface area contributed by atoms with Crippen molar-refractivity contribution in [3.63, 3.8) is 0 Å². The van der Waals surface area contributed by atoms with Gasteiger partial charge in [-0.15, -0.1) is 0 Å². The zero-order valence-corrected chi connectivity index (χ0v) is 15.8. The molecular weight excluding hydrogens is 354 g/mol. The summed E-state index contributed by atoms with van der Waals surface area (Å²) in [6.07, 6.45) is 0.522. The summed E-state index contributed by atoms with van der Waals surface area (Å²) in [7, 11) is 1.39. The van der Waals surface area contributed by atoms with Gasteiger partial charge in [-0.25, -0.2) is 4.68 Å². The molecule has 142 valence electrons. The smallest absolute Gasteiger partial charge is 0.313 e. The Morgan fingerprint density at radius 1 is 1.07 bits per heavy atom. The number of anilines is 1. The highest BCUT2D eigenvalue weighted by Gasteiger charge is 2.34. The lowest BCUT2D eigenvalue weighted by Gasteiger charge is -2.32. The highest BCUT2D eigenvalue weighted by Crippen LogP contribution is 2.36. The number of carbonyl (C=O) groups is 2. The van der Waals surface area contributed by atoms with Crippen LogP contribution in [-0.4, -0.2) is 35.3 Å². The number of hydrogen-bond donors (Lipinski definition) is 0. The predicted octanol–water partition coefficient (Wildman–Crippen LogP) is 3.49. The van der Waals surface area contributed by atoms with E-state index in [-0.39, 0.29) is 17.8 Å². The molecule has 1 amide bonds. The molecule has 4 rings (SSSR count). The zero-order chi connectivity index (χ0) is 19.7. The second kappa shape index (κ2) is 7.31. The molecule has 2 aromatic carbocycles. The fourth-order valence-corrected chi connectivity index (χ4v) is 3.71. The van der Waals surface area contributed by atoms with E-state index in [1.54, 1.807) is 15.6 Å². The molecule has 0 aliphatic carbocycles. The number of carbonyl (C=O) groups excluding carboxylic acids is 2. The number of methoxy groups -OCH3 is 1. The summed E-state index contributed by atoms with van der Waals surface area (Å²) < 4.78 is 6.70. The largest absolute Gasteiger partial charge is 0.469 e. The van der Waals surface area contributed by atoms with E-state index in [0.29, 0.717) is 18.7 Å². The van der Waals surface area contributed by atoms with Crippen LogP contribution in [-0.2, 0) is 9.53 Å². The molecule has 1 aromatic heterocycles. The van der Waals surface area contributed by atoms with Crippen molar-refractivity contribution in [2.75, 3.05) is 18.6 Å². The second-order valence-electron chi connectivity index (χ2n) is 6.80. The van der Waals surface area contributed by atoms with Crippen LogP contribution in [0.3, 0.4) is 0 Å². The molecule has 0 fully saturated rings. The third-order valence-corrected chi connectivity index (χ3v) is 5.08. The van der Waals surface area contributed by atoms with Crippen LogP contribution >= 0.6 is 0 Å². The first-order chi connectivity index (χ1) is 13.6. The predicted molar refractivity (Wildman–Crippen MR) is 106 cm³/mol. The van der Waals surface area contributed by atoms with E-state index in [0.717, 1.165) is 22.6 Å². The van der Waals surface area contributed by atoms with Crippen LogP contribution in [0.5, 0.6) is 0 Å². The molecular formula is C22H21N3O3. The normalized spacial score (nSPS) is 15.8. The fourth-order valence-electron chi connectivity index (χ4n) is 3.71. The Labute approximate surface area is 163 Å². The van der Waals surface area contributed by atoms with Crippen LogP contribution in [0.4, 0.5) is 5.69 Å². The van der Waals surface area contributed by atoms with Gasteiger partial charge >= 0.3 is 5.97 Å². The van der Waals surface area contributed by atoms with E-state index in [1.165, 1.54) is 7.11 Å². The van der Waals surface area contributed by atoms with Crippen LogP contribution in [0.15, 0.2) is 60.7 Å². The van der Waals surface area contributed by atoms with Crippen molar-refractivity contribution in [2.45, 2.75) is 19.3 Å². The highest BCUT2D eigenvalue weighted by molar-refractivity contribution is 6.06. The Balaban J connectivity index is 1.68. The van der Waals surface area contributed by atoms with Gasteiger partial charge in [-0.2, -0.15) is 5.10 Å². The Morgan fingerprint density at radius 2 is 1.79 bits per heavy atom. The maximum atomic E-state index is 13.2. The minimum absolute atomic E-state index is 0.173. The summed E-state index contributed by atoms with van der Waals surface area (Å²) in [5, 5.41) is 4.53. The first-order valence-electron chi connectivity index (χ1n) is 9.21. The molecule has 6 heteroatoms. The van der Waals surface area contributed by atoms with Gasteiger partial charge in [0.2, 0.25) is 0 Å². The Kier molecular flexibility index (Phi) is 4.69. The molecule has 0 N–H and O–H groups in total. The summed E-state index contributed by atoms with van der Waals surface area (Å²) >= 11 is 0. The molecule has 28 heavy (non-hydrogen) atoms. The lowest BCUT2D eigenvalue weighted by atomic mass is 9.89. The van der Waals surface area contributed by atoms with Crippen LogP contribution in [0, 0.1) is 6.92 Å². The number of ether oxygens (including phenoxy) is 1. The average Bonchev–Trinajstić information content (AvgIpc) is 3.14. The number of esters is 1. The highest BCUT2D eigenvalue weighted by atomic mass is 16.5. The number of para-hydroxylation sites is 2. The monoisotopic (exact) mass is 375 g/mol. The number of aryl methyl sites for hydroxylation is 1. The van der Waals surface area contributed by atoms with Gasteiger partial charge in [0.1, 0.15) is 0 Å². The molecule has 2 heterocycles.